The van der Waals surface area contributed by atoms with Crippen molar-refractivity contribution in [2.45, 2.75) is 17.7 Å². The number of benzene rings is 2. The molecule has 0 radical (unpaired) electrons. The topological polar surface area (TPSA) is 75.6 Å². The molecule has 5 nitrogen and oxygen atoms in total. The fourth-order valence-electron chi connectivity index (χ4n) is 2.10. The Labute approximate surface area is 144 Å². The lowest BCUT2D eigenvalue weighted by Crippen LogP contribution is -2.14. The van der Waals surface area contributed by atoms with Crippen LogP contribution in [0.25, 0.3) is 0 Å². The molecule has 0 saturated heterocycles. The monoisotopic (exact) mass is 371 g/mol. The Morgan fingerprint density at radius 3 is 2.75 bits per heavy atom. The maximum absolute atomic E-state index is 13.4. The summed E-state index contributed by atoms with van der Waals surface area (Å²) in [5.74, 6) is -0.551. The molecule has 3 rings (SSSR count). The summed E-state index contributed by atoms with van der Waals surface area (Å²) in [5, 5.41) is 9.79. The highest BCUT2D eigenvalue weighted by Gasteiger charge is 2.24. The normalized spacial score (nSPS) is 14.4. The first kappa shape index (κ1) is 16.9. The molecule has 0 aliphatic heterocycles. The van der Waals surface area contributed by atoms with Crippen LogP contribution in [0.3, 0.4) is 0 Å². The van der Waals surface area contributed by atoms with Crippen molar-refractivity contribution in [1.29, 1.82) is 0 Å². The molecule has 0 amide bonds. The number of phenolic OH excluding ortho intramolecular Hbond substituents is 1. The summed E-state index contributed by atoms with van der Waals surface area (Å²) >= 11 is 5.75. The molecule has 8 heteroatoms. The number of anilines is 1. The molecule has 128 valence electrons. The van der Waals surface area contributed by atoms with Crippen LogP contribution in [0, 0.1) is 11.7 Å². The first-order valence-electron chi connectivity index (χ1n) is 7.29. The Morgan fingerprint density at radius 1 is 1.29 bits per heavy atom. The summed E-state index contributed by atoms with van der Waals surface area (Å²) in [6.07, 6.45) is 2.10. The Bertz CT molecular complexity index is 868. The van der Waals surface area contributed by atoms with Crippen LogP contribution >= 0.6 is 11.6 Å². The van der Waals surface area contributed by atoms with Gasteiger partial charge < -0.3 is 9.84 Å². The van der Waals surface area contributed by atoms with E-state index in [0.29, 0.717) is 12.5 Å². The van der Waals surface area contributed by atoms with Gasteiger partial charge in [0.15, 0.2) is 5.75 Å². The third kappa shape index (κ3) is 3.73. The van der Waals surface area contributed by atoms with Gasteiger partial charge in [-0.1, -0.05) is 17.7 Å². The second-order valence-corrected chi connectivity index (χ2v) is 7.64. The van der Waals surface area contributed by atoms with E-state index in [1.807, 2.05) is 0 Å². The zero-order valence-corrected chi connectivity index (χ0v) is 14.1. The number of sulfonamides is 1. The van der Waals surface area contributed by atoms with Crippen molar-refractivity contribution in [3.8, 4) is 11.5 Å². The highest BCUT2D eigenvalue weighted by molar-refractivity contribution is 7.92. The maximum Gasteiger partial charge on any atom is 0.265 e. The van der Waals surface area contributed by atoms with Crippen LogP contribution < -0.4 is 9.46 Å². The molecular formula is C16H15ClFNO4S. The largest absolute Gasteiger partial charge is 0.505 e. The molecule has 1 aliphatic carbocycles. The van der Waals surface area contributed by atoms with Crippen LogP contribution in [0.15, 0.2) is 41.3 Å². The van der Waals surface area contributed by atoms with Crippen molar-refractivity contribution in [1.82, 2.24) is 0 Å². The second kappa shape index (κ2) is 6.49. The Morgan fingerprint density at radius 2 is 2.04 bits per heavy atom. The summed E-state index contributed by atoms with van der Waals surface area (Å²) in [6, 6.07) is 7.52. The van der Waals surface area contributed by atoms with Crippen LogP contribution in [0.2, 0.25) is 5.02 Å². The second-order valence-electron chi connectivity index (χ2n) is 5.59. The molecule has 0 bridgehead atoms. The number of aromatic hydroxyl groups is 1. The van der Waals surface area contributed by atoms with Gasteiger partial charge in [-0.15, -0.1) is 0 Å². The standard InChI is InChI=1S/C16H15ClFNO4S/c17-12-2-1-3-15(16(12)20)24(21,22)19-13-7-6-11(18)8-14(13)23-9-10-4-5-10/h1-3,6-8,10,19-20H,4-5,9H2. The van der Waals surface area contributed by atoms with E-state index in [1.165, 1.54) is 24.3 Å². The number of ether oxygens (including phenoxy) is 1. The molecule has 0 heterocycles. The molecule has 0 aromatic heterocycles. The minimum Gasteiger partial charge on any atom is -0.505 e. The highest BCUT2D eigenvalue weighted by Crippen LogP contribution is 2.35. The Balaban J connectivity index is 1.90. The zero-order valence-electron chi connectivity index (χ0n) is 12.5. The predicted molar refractivity (Wildman–Crippen MR) is 88.5 cm³/mol. The van der Waals surface area contributed by atoms with Crippen LogP contribution in [0.5, 0.6) is 11.5 Å². The van der Waals surface area contributed by atoms with Gasteiger partial charge in [0.1, 0.15) is 16.5 Å². The third-order valence-electron chi connectivity index (χ3n) is 3.60. The zero-order chi connectivity index (χ0) is 17.3. The molecule has 0 spiro atoms. The van der Waals surface area contributed by atoms with Gasteiger partial charge in [-0.25, -0.2) is 12.8 Å². The van der Waals surface area contributed by atoms with Gasteiger partial charge in [0.25, 0.3) is 10.0 Å². The van der Waals surface area contributed by atoms with Gasteiger partial charge in [0.05, 0.1) is 17.3 Å². The highest BCUT2D eigenvalue weighted by atomic mass is 35.5. The van der Waals surface area contributed by atoms with Crippen LogP contribution in [0.4, 0.5) is 10.1 Å². The summed E-state index contributed by atoms with van der Waals surface area (Å²) < 4.78 is 46.2. The van der Waals surface area contributed by atoms with Crippen molar-refractivity contribution in [2.75, 3.05) is 11.3 Å². The summed E-state index contributed by atoms with van der Waals surface area (Å²) in [4.78, 5) is -0.368. The Kier molecular flexibility index (Phi) is 4.56. The fraction of sp³-hybridized carbons (Fsp3) is 0.250. The van der Waals surface area contributed by atoms with Crippen molar-refractivity contribution in [3.05, 3.63) is 47.2 Å². The average molecular weight is 372 g/mol. The SMILES string of the molecule is O=S(=O)(Nc1ccc(F)cc1OCC1CC1)c1cccc(Cl)c1O. The van der Waals surface area contributed by atoms with Gasteiger partial charge in [-0.2, -0.15) is 0 Å². The summed E-state index contributed by atoms with van der Waals surface area (Å²) in [5.41, 5.74) is 0.0939. The van der Waals surface area contributed by atoms with Crippen LogP contribution in [-0.4, -0.2) is 20.1 Å². The Hall–Kier alpha value is -1.99. The van der Waals surface area contributed by atoms with Gasteiger partial charge >= 0.3 is 0 Å². The third-order valence-corrected chi connectivity index (χ3v) is 5.30. The molecule has 24 heavy (non-hydrogen) atoms. The van der Waals surface area contributed by atoms with Gasteiger partial charge in [-0.3, -0.25) is 4.72 Å². The van der Waals surface area contributed by atoms with E-state index in [-0.39, 0.29) is 21.4 Å². The lowest BCUT2D eigenvalue weighted by atomic mass is 10.3. The minimum absolute atomic E-state index is 0.0813. The molecule has 0 unspecified atom stereocenters. The predicted octanol–water partition coefficient (Wildman–Crippen LogP) is 3.77. The van der Waals surface area contributed by atoms with E-state index in [1.54, 1.807) is 0 Å². The average Bonchev–Trinajstić information content (AvgIpc) is 3.34. The lowest BCUT2D eigenvalue weighted by molar-refractivity contribution is 0.300. The smallest absolute Gasteiger partial charge is 0.265 e. The van der Waals surface area contributed by atoms with E-state index in [0.717, 1.165) is 25.0 Å². The maximum atomic E-state index is 13.4. The van der Waals surface area contributed by atoms with Crippen molar-refractivity contribution < 1.29 is 22.7 Å². The van der Waals surface area contributed by atoms with Crippen LogP contribution in [0.1, 0.15) is 12.8 Å². The van der Waals surface area contributed by atoms with Crippen molar-refractivity contribution in [3.63, 3.8) is 0 Å². The van der Waals surface area contributed by atoms with Crippen molar-refractivity contribution in [2.24, 2.45) is 5.92 Å². The van der Waals surface area contributed by atoms with Gasteiger partial charge in [0.2, 0.25) is 0 Å². The molecule has 1 saturated carbocycles. The molecule has 0 atom stereocenters. The molecule has 2 aromatic rings. The number of rotatable bonds is 6. The number of hydrogen-bond donors (Lipinski definition) is 2. The summed E-state index contributed by atoms with van der Waals surface area (Å²) in [6.45, 7) is 0.403. The fourth-order valence-corrected chi connectivity index (χ4v) is 3.53. The number of hydrogen-bond acceptors (Lipinski definition) is 4. The van der Waals surface area contributed by atoms with Gasteiger partial charge in [-0.05, 0) is 43.0 Å². The molecule has 1 aliphatic rings. The first-order valence-corrected chi connectivity index (χ1v) is 9.15. The quantitative estimate of drug-likeness (QED) is 0.810. The number of nitrogens with one attached hydrogen (secondary N) is 1. The number of phenols is 1. The van der Waals surface area contributed by atoms with E-state index < -0.39 is 21.6 Å². The van der Waals surface area contributed by atoms with E-state index >= 15 is 0 Å². The molecule has 2 aromatic carbocycles. The first-order chi connectivity index (χ1) is 11.4. The molecule has 2 N–H and O–H groups in total. The number of para-hydroxylation sites is 1. The van der Waals surface area contributed by atoms with Crippen LogP contribution in [-0.2, 0) is 10.0 Å². The number of halogens is 2. The van der Waals surface area contributed by atoms with E-state index in [2.05, 4.69) is 4.72 Å². The van der Waals surface area contributed by atoms with E-state index in [9.17, 15) is 17.9 Å². The van der Waals surface area contributed by atoms with E-state index in [4.69, 9.17) is 16.3 Å². The molecular weight excluding hydrogens is 357 g/mol. The summed E-state index contributed by atoms with van der Waals surface area (Å²) in [7, 11) is -4.11. The minimum atomic E-state index is -4.11. The molecule has 1 fully saturated rings. The lowest BCUT2D eigenvalue weighted by Gasteiger charge is -2.14. The van der Waals surface area contributed by atoms with Crippen molar-refractivity contribution >= 4 is 27.3 Å². The van der Waals surface area contributed by atoms with Gasteiger partial charge in [0, 0.05) is 6.07 Å².